The zero-order valence-corrected chi connectivity index (χ0v) is 14.2. The lowest BCUT2D eigenvalue weighted by molar-refractivity contribution is 0.138. The van der Waals surface area contributed by atoms with E-state index in [4.69, 9.17) is 4.74 Å². The fourth-order valence-electron chi connectivity index (χ4n) is 2.60. The minimum Gasteiger partial charge on any atom is -0.487 e. The number of nitrogens with one attached hydrogen (secondary N) is 1. The third-order valence-electron chi connectivity index (χ3n) is 3.54. The van der Waals surface area contributed by atoms with E-state index in [1.54, 1.807) is 6.07 Å². The van der Waals surface area contributed by atoms with Gasteiger partial charge in [0.05, 0.1) is 0 Å². The van der Waals surface area contributed by atoms with Crippen molar-refractivity contribution in [3.63, 3.8) is 0 Å². The van der Waals surface area contributed by atoms with Crippen LogP contribution in [0.1, 0.15) is 25.0 Å². The van der Waals surface area contributed by atoms with Crippen LogP contribution in [0.25, 0.3) is 0 Å². The SMILES string of the molecule is CC1(C)Cc2cc(CNc3ccc(F)cc3I)ccc2O1. The van der Waals surface area contributed by atoms with Crippen LogP contribution in [0.2, 0.25) is 0 Å². The fourth-order valence-corrected chi connectivity index (χ4v) is 3.27. The summed E-state index contributed by atoms with van der Waals surface area (Å²) >= 11 is 2.14. The summed E-state index contributed by atoms with van der Waals surface area (Å²) in [6.45, 7) is 4.92. The summed E-state index contributed by atoms with van der Waals surface area (Å²) in [6.07, 6.45) is 0.935. The van der Waals surface area contributed by atoms with Crippen LogP contribution in [0.3, 0.4) is 0 Å². The normalized spacial score (nSPS) is 15.4. The van der Waals surface area contributed by atoms with Gasteiger partial charge in [0.2, 0.25) is 0 Å². The number of fused-ring (bicyclic) bond motifs is 1. The fraction of sp³-hybridized carbons (Fsp3) is 0.294. The first-order chi connectivity index (χ1) is 9.93. The van der Waals surface area contributed by atoms with Gasteiger partial charge in [-0.1, -0.05) is 12.1 Å². The molecule has 0 aliphatic carbocycles. The topological polar surface area (TPSA) is 21.3 Å². The first kappa shape index (κ1) is 14.6. The van der Waals surface area contributed by atoms with E-state index in [-0.39, 0.29) is 11.4 Å². The van der Waals surface area contributed by atoms with Crippen molar-refractivity contribution in [2.45, 2.75) is 32.4 Å². The van der Waals surface area contributed by atoms with E-state index in [1.165, 1.54) is 23.3 Å². The Kier molecular flexibility index (Phi) is 3.82. The van der Waals surface area contributed by atoms with E-state index in [9.17, 15) is 4.39 Å². The highest BCUT2D eigenvalue weighted by Gasteiger charge is 2.29. The van der Waals surface area contributed by atoms with Crippen LogP contribution in [0.15, 0.2) is 36.4 Å². The van der Waals surface area contributed by atoms with Crippen LogP contribution in [0.4, 0.5) is 10.1 Å². The molecule has 110 valence electrons. The van der Waals surface area contributed by atoms with Crippen molar-refractivity contribution in [2.75, 3.05) is 5.32 Å². The summed E-state index contributed by atoms with van der Waals surface area (Å²) in [5.41, 5.74) is 3.30. The van der Waals surface area contributed by atoms with Gasteiger partial charge in [-0.2, -0.15) is 0 Å². The molecule has 0 spiro atoms. The Morgan fingerprint density at radius 2 is 2.05 bits per heavy atom. The molecule has 0 amide bonds. The van der Waals surface area contributed by atoms with E-state index >= 15 is 0 Å². The maximum absolute atomic E-state index is 13.1. The van der Waals surface area contributed by atoms with Crippen LogP contribution in [-0.2, 0) is 13.0 Å². The predicted molar refractivity (Wildman–Crippen MR) is 91.3 cm³/mol. The number of anilines is 1. The summed E-state index contributed by atoms with van der Waals surface area (Å²) < 4.78 is 19.9. The van der Waals surface area contributed by atoms with Gasteiger partial charge in [-0.15, -0.1) is 0 Å². The van der Waals surface area contributed by atoms with Gasteiger partial charge >= 0.3 is 0 Å². The quantitative estimate of drug-likeness (QED) is 0.755. The Morgan fingerprint density at radius 1 is 1.24 bits per heavy atom. The molecule has 0 aromatic heterocycles. The molecule has 21 heavy (non-hydrogen) atoms. The van der Waals surface area contributed by atoms with E-state index in [0.717, 1.165) is 28.0 Å². The van der Waals surface area contributed by atoms with E-state index in [0.29, 0.717) is 0 Å². The van der Waals surface area contributed by atoms with Crippen LogP contribution in [0.5, 0.6) is 5.75 Å². The van der Waals surface area contributed by atoms with Crippen LogP contribution >= 0.6 is 22.6 Å². The van der Waals surface area contributed by atoms with E-state index in [2.05, 4.69) is 53.9 Å². The van der Waals surface area contributed by atoms with Crippen LogP contribution in [-0.4, -0.2) is 5.60 Å². The number of benzene rings is 2. The van der Waals surface area contributed by atoms with Crippen molar-refractivity contribution < 1.29 is 9.13 Å². The molecule has 0 unspecified atom stereocenters. The van der Waals surface area contributed by atoms with Crippen LogP contribution in [0, 0.1) is 9.39 Å². The summed E-state index contributed by atoms with van der Waals surface area (Å²) in [6, 6.07) is 11.1. The van der Waals surface area contributed by atoms with Crippen molar-refractivity contribution >= 4 is 28.3 Å². The monoisotopic (exact) mass is 397 g/mol. The third-order valence-corrected chi connectivity index (χ3v) is 4.43. The average Bonchev–Trinajstić information content (AvgIpc) is 2.70. The second-order valence-electron chi connectivity index (χ2n) is 5.96. The second kappa shape index (κ2) is 5.48. The van der Waals surface area contributed by atoms with E-state index in [1.807, 2.05) is 6.07 Å². The number of hydrogen-bond donors (Lipinski definition) is 1. The molecule has 0 saturated heterocycles. The van der Waals surface area contributed by atoms with Gasteiger partial charge in [-0.05, 0) is 71.8 Å². The maximum atomic E-state index is 13.1. The maximum Gasteiger partial charge on any atom is 0.124 e. The Bertz CT molecular complexity index is 684. The molecule has 1 heterocycles. The molecule has 0 atom stereocenters. The molecule has 1 aliphatic heterocycles. The molecule has 0 radical (unpaired) electrons. The molecule has 1 N–H and O–H groups in total. The summed E-state index contributed by atoms with van der Waals surface area (Å²) in [5.74, 6) is 0.780. The van der Waals surface area contributed by atoms with Gasteiger partial charge in [0.1, 0.15) is 17.2 Å². The zero-order valence-electron chi connectivity index (χ0n) is 12.0. The summed E-state index contributed by atoms with van der Waals surface area (Å²) in [5, 5.41) is 3.35. The van der Waals surface area contributed by atoms with Crippen molar-refractivity contribution in [1.29, 1.82) is 0 Å². The lowest BCUT2D eigenvalue weighted by atomic mass is 10.0. The highest BCUT2D eigenvalue weighted by molar-refractivity contribution is 14.1. The molecule has 1 aliphatic rings. The van der Waals surface area contributed by atoms with Gasteiger partial charge < -0.3 is 10.1 Å². The molecular formula is C17H17FINO. The zero-order chi connectivity index (χ0) is 15.0. The minimum atomic E-state index is -0.207. The average molecular weight is 397 g/mol. The molecule has 2 aromatic rings. The lowest BCUT2D eigenvalue weighted by Gasteiger charge is -2.16. The molecule has 0 saturated carbocycles. The van der Waals surface area contributed by atoms with Crippen molar-refractivity contribution in [3.8, 4) is 5.75 Å². The molecular weight excluding hydrogens is 380 g/mol. The molecule has 0 fully saturated rings. The third kappa shape index (κ3) is 3.31. The highest BCUT2D eigenvalue weighted by atomic mass is 127. The highest BCUT2D eigenvalue weighted by Crippen LogP contribution is 2.35. The number of rotatable bonds is 3. The van der Waals surface area contributed by atoms with Gasteiger partial charge in [0.15, 0.2) is 0 Å². The molecule has 2 aromatic carbocycles. The largest absolute Gasteiger partial charge is 0.487 e. The molecule has 0 bridgehead atoms. The van der Waals surface area contributed by atoms with Crippen LogP contribution < -0.4 is 10.1 Å². The molecule has 4 heteroatoms. The first-order valence-electron chi connectivity index (χ1n) is 6.93. The smallest absolute Gasteiger partial charge is 0.124 e. The lowest BCUT2D eigenvalue weighted by Crippen LogP contribution is -2.24. The Hall–Kier alpha value is -1.30. The van der Waals surface area contributed by atoms with Gasteiger partial charge in [0, 0.05) is 22.2 Å². The Balaban J connectivity index is 1.72. The van der Waals surface area contributed by atoms with Gasteiger partial charge in [-0.3, -0.25) is 0 Å². The second-order valence-corrected chi connectivity index (χ2v) is 7.12. The molecule has 3 rings (SSSR count). The van der Waals surface area contributed by atoms with Gasteiger partial charge in [0.25, 0.3) is 0 Å². The summed E-state index contributed by atoms with van der Waals surface area (Å²) in [7, 11) is 0. The van der Waals surface area contributed by atoms with Crippen molar-refractivity contribution in [3.05, 3.63) is 56.9 Å². The van der Waals surface area contributed by atoms with Crippen molar-refractivity contribution in [1.82, 2.24) is 0 Å². The first-order valence-corrected chi connectivity index (χ1v) is 8.01. The Morgan fingerprint density at radius 3 is 2.81 bits per heavy atom. The number of ether oxygens (including phenoxy) is 1. The number of hydrogen-bond acceptors (Lipinski definition) is 2. The standard InChI is InChI=1S/C17H17FINO/c1-17(2)9-12-7-11(3-6-16(12)21-17)10-20-15-5-4-13(18)8-14(15)19/h3-8,20H,9-10H2,1-2H3. The predicted octanol–water partition coefficient (Wildman–Crippen LogP) is 4.76. The van der Waals surface area contributed by atoms with Gasteiger partial charge in [-0.25, -0.2) is 4.39 Å². The molecule has 2 nitrogen and oxygen atoms in total. The summed E-state index contributed by atoms with van der Waals surface area (Å²) in [4.78, 5) is 0. The Labute approximate surface area is 137 Å². The van der Waals surface area contributed by atoms with Crippen molar-refractivity contribution in [2.24, 2.45) is 0 Å². The minimum absolute atomic E-state index is 0.110. The van der Waals surface area contributed by atoms with E-state index < -0.39 is 0 Å². The number of halogens is 2.